The van der Waals surface area contributed by atoms with E-state index in [-0.39, 0.29) is 13.8 Å². The highest BCUT2D eigenvalue weighted by molar-refractivity contribution is 9.11. The van der Waals surface area contributed by atoms with E-state index in [0.29, 0.717) is 4.34 Å². The molecule has 0 amide bonds. The van der Waals surface area contributed by atoms with Crippen LogP contribution >= 0.6 is 54.8 Å². The lowest BCUT2D eigenvalue weighted by molar-refractivity contribution is 0.566. The van der Waals surface area contributed by atoms with E-state index in [1.165, 1.54) is 11.3 Å². The standard InChI is InChI=1S/C12H9Br2ClFNO2S2/c1-6(10-2-3-11(15)20-10)17-21(18,19)12-8(13)4-7(16)5-9(12)14/h2-6,17H,1H3. The maximum absolute atomic E-state index is 13.2. The second kappa shape index (κ2) is 6.64. The van der Waals surface area contributed by atoms with E-state index in [1.807, 2.05) is 0 Å². The summed E-state index contributed by atoms with van der Waals surface area (Å²) in [6, 6.07) is 5.22. The fourth-order valence-electron chi connectivity index (χ4n) is 1.70. The highest BCUT2D eigenvalue weighted by atomic mass is 79.9. The number of sulfonamides is 1. The van der Waals surface area contributed by atoms with Gasteiger partial charge < -0.3 is 0 Å². The lowest BCUT2D eigenvalue weighted by atomic mass is 10.3. The van der Waals surface area contributed by atoms with Crippen LogP contribution in [0, 0.1) is 5.82 Å². The zero-order valence-corrected chi connectivity index (χ0v) is 16.1. The lowest BCUT2D eigenvalue weighted by Crippen LogP contribution is -2.27. The van der Waals surface area contributed by atoms with Crippen molar-refractivity contribution in [2.75, 3.05) is 0 Å². The Labute approximate surface area is 147 Å². The Morgan fingerprint density at radius 3 is 2.33 bits per heavy atom. The molecular weight excluding hydrogens is 469 g/mol. The third-order valence-electron chi connectivity index (χ3n) is 2.58. The molecule has 9 heteroatoms. The number of halogens is 4. The summed E-state index contributed by atoms with van der Waals surface area (Å²) in [6.45, 7) is 1.71. The van der Waals surface area contributed by atoms with Crippen LogP contribution in [0.2, 0.25) is 4.34 Å². The smallest absolute Gasteiger partial charge is 0.207 e. The van der Waals surface area contributed by atoms with E-state index < -0.39 is 21.9 Å². The van der Waals surface area contributed by atoms with Gasteiger partial charge in [-0.1, -0.05) is 11.6 Å². The number of hydrogen-bond donors (Lipinski definition) is 1. The average Bonchev–Trinajstić information content (AvgIpc) is 2.73. The van der Waals surface area contributed by atoms with Gasteiger partial charge in [-0.05, 0) is 63.0 Å². The van der Waals surface area contributed by atoms with Gasteiger partial charge in [0.15, 0.2) is 0 Å². The molecule has 1 unspecified atom stereocenters. The van der Waals surface area contributed by atoms with Crippen molar-refractivity contribution in [3.8, 4) is 0 Å². The first-order valence-corrected chi connectivity index (χ1v) is 9.89. The fourth-order valence-corrected chi connectivity index (χ4v) is 6.59. The van der Waals surface area contributed by atoms with Crippen molar-refractivity contribution < 1.29 is 12.8 Å². The summed E-state index contributed by atoms with van der Waals surface area (Å²) in [7, 11) is -3.82. The minimum absolute atomic E-state index is 0.0431. The van der Waals surface area contributed by atoms with Crippen molar-refractivity contribution in [3.63, 3.8) is 0 Å². The van der Waals surface area contributed by atoms with Crippen molar-refractivity contribution >= 4 is 64.8 Å². The third kappa shape index (κ3) is 4.05. The molecule has 3 nitrogen and oxygen atoms in total. The number of nitrogens with one attached hydrogen (secondary N) is 1. The summed E-state index contributed by atoms with van der Waals surface area (Å²) in [4.78, 5) is 0.747. The van der Waals surface area contributed by atoms with Crippen molar-refractivity contribution in [2.45, 2.75) is 17.9 Å². The van der Waals surface area contributed by atoms with E-state index in [4.69, 9.17) is 11.6 Å². The maximum atomic E-state index is 13.2. The number of hydrogen-bond acceptors (Lipinski definition) is 3. The Hall–Kier alpha value is 0.01000. The fraction of sp³-hybridized carbons (Fsp3) is 0.167. The van der Waals surface area contributed by atoms with Gasteiger partial charge in [-0.15, -0.1) is 11.3 Å². The molecule has 1 aromatic heterocycles. The summed E-state index contributed by atoms with van der Waals surface area (Å²) < 4.78 is 41.6. The van der Waals surface area contributed by atoms with Crippen LogP contribution in [-0.4, -0.2) is 8.42 Å². The van der Waals surface area contributed by atoms with Gasteiger partial charge in [0.05, 0.1) is 10.4 Å². The highest BCUT2D eigenvalue weighted by Gasteiger charge is 2.25. The number of thiophene rings is 1. The van der Waals surface area contributed by atoms with Gasteiger partial charge in [0, 0.05) is 13.8 Å². The predicted molar refractivity (Wildman–Crippen MR) is 89.9 cm³/mol. The molecule has 114 valence electrons. The van der Waals surface area contributed by atoms with E-state index >= 15 is 0 Å². The zero-order chi connectivity index (χ0) is 15.8. The van der Waals surface area contributed by atoms with Gasteiger partial charge in [-0.25, -0.2) is 17.5 Å². The molecule has 21 heavy (non-hydrogen) atoms. The molecule has 1 N–H and O–H groups in total. The van der Waals surface area contributed by atoms with Crippen molar-refractivity contribution in [1.82, 2.24) is 4.72 Å². The van der Waals surface area contributed by atoms with Crippen molar-refractivity contribution in [2.24, 2.45) is 0 Å². The first-order valence-electron chi connectivity index (χ1n) is 5.63. The van der Waals surface area contributed by atoms with Gasteiger partial charge >= 0.3 is 0 Å². The molecule has 2 aromatic rings. The van der Waals surface area contributed by atoms with Crippen LogP contribution in [-0.2, 0) is 10.0 Å². The molecule has 0 fully saturated rings. The van der Waals surface area contributed by atoms with Gasteiger partial charge in [0.25, 0.3) is 0 Å². The lowest BCUT2D eigenvalue weighted by Gasteiger charge is -2.15. The first kappa shape index (κ1) is 17.4. The Balaban J connectivity index is 2.35. The summed E-state index contributed by atoms with van der Waals surface area (Å²) in [5.41, 5.74) is 0. The molecule has 0 saturated carbocycles. The molecule has 1 aromatic carbocycles. The molecule has 1 heterocycles. The molecule has 1 atom stereocenters. The normalized spacial score (nSPS) is 13.4. The molecule has 0 spiro atoms. The summed E-state index contributed by atoms with van der Waals surface area (Å²) in [5, 5.41) is 0. The van der Waals surface area contributed by atoms with E-state index in [1.54, 1.807) is 19.1 Å². The molecule has 0 bridgehead atoms. The zero-order valence-electron chi connectivity index (χ0n) is 10.5. The molecule has 0 radical (unpaired) electrons. The Kier molecular flexibility index (Phi) is 5.49. The van der Waals surface area contributed by atoms with Crippen LogP contribution in [0.4, 0.5) is 4.39 Å². The first-order chi connectivity index (χ1) is 9.70. The van der Waals surface area contributed by atoms with Crippen LogP contribution < -0.4 is 4.72 Å². The molecule has 0 saturated heterocycles. The summed E-state index contributed by atoms with van der Waals surface area (Å²) in [6.07, 6.45) is 0. The van der Waals surface area contributed by atoms with E-state index in [9.17, 15) is 12.8 Å². The van der Waals surface area contributed by atoms with Crippen LogP contribution in [0.3, 0.4) is 0 Å². The average molecular weight is 478 g/mol. The Morgan fingerprint density at radius 1 is 1.29 bits per heavy atom. The minimum Gasteiger partial charge on any atom is -0.207 e. The highest BCUT2D eigenvalue weighted by Crippen LogP contribution is 2.33. The van der Waals surface area contributed by atoms with Crippen molar-refractivity contribution in [1.29, 1.82) is 0 Å². The molecule has 0 aliphatic carbocycles. The molecular formula is C12H9Br2ClFNO2S2. The third-order valence-corrected chi connectivity index (χ3v) is 7.42. The quantitative estimate of drug-likeness (QED) is 0.666. The van der Waals surface area contributed by atoms with Gasteiger partial charge in [0.1, 0.15) is 10.7 Å². The molecule has 2 rings (SSSR count). The number of rotatable bonds is 4. The van der Waals surface area contributed by atoms with Crippen LogP contribution in [0.1, 0.15) is 17.8 Å². The second-order valence-electron chi connectivity index (χ2n) is 4.18. The minimum atomic E-state index is -3.82. The SMILES string of the molecule is CC(NS(=O)(=O)c1c(Br)cc(F)cc1Br)c1ccc(Cl)s1. The largest absolute Gasteiger partial charge is 0.243 e. The Morgan fingerprint density at radius 2 is 1.86 bits per heavy atom. The van der Waals surface area contributed by atoms with Crippen molar-refractivity contribution in [3.05, 3.63) is 48.2 Å². The summed E-state index contributed by atoms with van der Waals surface area (Å²) in [5.74, 6) is -0.536. The van der Waals surface area contributed by atoms with Gasteiger partial charge in [0.2, 0.25) is 10.0 Å². The Bertz CT molecular complexity index is 756. The van der Waals surface area contributed by atoms with Gasteiger partial charge in [-0.2, -0.15) is 0 Å². The van der Waals surface area contributed by atoms with Crippen LogP contribution in [0.25, 0.3) is 0 Å². The molecule has 0 aliphatic rings. The maximum Gasteiger partial charge on any atom is 0.243 e. The van der Waals surface area contributed by atoms with E-state index in [2.05, 4.69) is 36.6 Å². The van der Waals surface area contributed by atoms with Crippen LogP contribution in [0.15, 0.2) is 38.1 Å². The summed E-state index contributed by atoms with van der Waals surface area (Å²) >= 11 is 13.3. The molecule has 0 aliphatic heterocycles. The topological polar surface area (TPSA) is 46.2 Å². The number of benzene rings is 1. The monoisotopic (exact) mass is 475 g/mol. The second-order valence-corrected chi connectivity index (χ2v) is 9.29. The van der Waals surface area contributed by atoms with E-state index in [0.717, 1.165) is 17.0 Å². The van der Waals surface area contributed by atoms with Gasteiger partial charge in [-0.3, -0.25) is 0 Å². The van der Waals surface area contributed by atoms with Crippen LogP contribution in [0.5, 0.6) is 0 Å². The predicted octanol–water partition coefficient (Wildman–Crippen LogP) is 5.11.